The first kappa shape index (κ1) is 17.6. The number of nitrogens with zero attached hydrogens (tertiary/aromatic N) is 5. The third kappa shape index (κ3) is 3.29. The lowest BCUT2D eigenvalue weighted by atomic mass is 10.1. The van der Waals surface area contributed by atoms with Crippen LogP contribution in [-0.4, -0.2) is 32.4 Å². The summed E-state index contributed by atoms with van der Waals surface area (Å²) in [5.74, 6) is 0. The van der Waals surface area contributed by atoms with Gasteiger partial charge in [-0.1, -0.05) is 12.1 Å². The van der Waals surface area contributed by atoms with Crippen LogP contribution >= 0.6 is 0 Å². The van der Waals surface area contributed by atoms with Gasteiger partial charge in [0, 0.05) is 36.6 Å². The summed E-state index contributed by atoms with van der Waals surface area (Å²) in [6.07, 6.45) is 6.95. The molecule has 0 unspecified atom stereocenters. The van der Waals surface area contributed by atoms with Gasteiger partial charge in [0.15, 0.2) is 0 Å². The zero-order valence-electron chi connectivity index (χ0n) is 16.4. The Balaban J connectivity index is 1.59. The summed E-state index contributed by atoms with van der Waals surface area (Å²) in [6, 6.07) is 9.16. The molecule has 1 aliphatic heterocycles. The Kier molecular flexibility index (Phi) is 4.60. The fourth-order valence-corrected chi connectivity index (χ4v) is 4.14. The molecule has 0 fully saturated rings. The molecule has 5 heteroatoms. The van der Waals surface area contributed by atoms with Crippen molar-refractivity contribution in [3.8, 4) is 11.3 Å². The Hall–Kier alpha value is -2.82. The number of anilines is 1. The highest BCUT2D eigenvalue weighted by Crippen LogP contribution is 2.32. The Bertz CT molecular complexity index is 965. The van der Waals surface area contributed by atoms with E-state index in [0.29, 0.717) is 0 Å². The second kappa shape index (κ2) is 7.06. The van der Waals surface area contributed by atoms with E-state index in [2.05, 4.69) is 68.9 Å². The number of imidazole rings is 1. The highest BCUT2D eigenvalue weighted by Gasteiger charge is 2.19. The van der Waals surface area contributed by atoms with E-state index in [-0.39, 0.29) is 6.04 Å². The molecule has 140 valence electrons. The zero-order chi connectivity index (χ0) is 19.0. The normalized spacial score (nSPS) is 14.4. The van der Waals surface area contributed by atoms with Crippen molar-refractivity contribution < 1.29 is 0 Å². The van der Waals surface area contributed by atoms with E-state index >= 15 is 0 Å². The molecule has 5 nitrogen and oxygen atoms in total. The average molecular weight is 361 g/mol. The van der Waals surface area contributed by atoms with Gasteiger partial charge in [0.25, 0.3) is 0 Å². The molecule has 4 rings (SSSR count). The quantitative estimate of drug-likeness (QED) is 0.619. The molecule has 0 saturated carbocycles. The number of aryl methyl sites for hydroxylation is 2. The molecular weight excluding hydrogens is 334 g/mol. The van der Waals surface area contributed by atoms with Crippen LogP contribution in [-0.2, 0) is 13.0 Å². The molecule has 1 aromatic carbocycles. The smallest absolute Gasteiger partial charge is 0.0951 e. The van der Waals surface area contributed by atoms with Crippen molar-refractivity contribution in [2.75, 3.05) is 18.0 Å². The van der Waals surface area contributed by atoms with E-state index < -0.39 is 0 Å². The molecule has 2 aromatic heterocycles. The van der Waals surface area contributed by atoms with Gasteiger partial charge in [-0.2, -0.15) is 5.10 Å². The first-order chi connectivity index (χ1) is 13.1. The highest BCUT2D eigenvalue weighted by molar-refractivity contribution is 5.68. The van der Waals surface area contributed by atoms with Crippen LogP contribution in [0, 0.1) is 13.8 Å². The van der Waals surface area contributed by atoms with Crippen LogP contribution < -0.4 is 4.90 Å². The molecule has 3 aromatic rings. The Morgan fingerprint density at radius 2 is 2.11 bits per heavy atom. The standard InChI is InChI=1S/C22H27N5/c1-5-9-25-10-8-20-12-19(6-7-21(20)25)22-13-23-15-26(22)14-18(4)27-17(3)11-16(2)24-27/h5-7,11-13,15,18H,1,8-10,14H2,2-4H3/t18-/m0/s1. The molecule has 3 heterocycles. The molecule has 0 N–H and O–H groups in total. The molecule has 0 radical (unpaired) electrons. The predicted molar refractivity (Wildman–Crippen MR) is 110 cm³/mol. The topological polar surface area (TPSA) is 38.9 Å². The van der Waals surface area contributed by atoms with Gasteiger partial charge in [0.1, 0.15) is 0 Å². The van der Waals surface area contributed by atoms with Gasteiger partial charge in [-0.3, -0.25) is 4.68 Å². The molecule has 1 aliphatic rings. The zero-order valence-corrected chi connectivity index (χ0v) is 16.4. The molecule has 0 amide bonds. The molecular formula is C22H27N5. The van der Waals surface area contributed by atoms with E-state index in [4.69, 9.17) is 0 Å². The SMILES string of the molecule is C=CCN1CCc2cc(-c3cncn3C[C@H](C)n3nc(C)cc3C)ccc21. The van der Waals surface area contributed by atoms with Crippen LogP contribution in [0.4, 0.5) is 5.69 Å². The number of hydrogen-bond acceptors (Lipinski definition) is 3. The molecule has 1 atom stereocenters. The molecule has 27 heavy (non-hydrogen) atoms. The number of fused-ring (bicyclic) bond motifs is 1. The summed E-state index contributed by atoms with van der Waals surface area (Å²) < 4.78 is 4.34. The minimum atomic E-state index is 0.268. The maximum absolute atomic E-state index is 4.64. The van der Waals surface area contributed by atoms with E-state index in [1.165, 1.54) is 22.5 Å². The lowest BCUT2D eigenvalue weighted by Crippen LogP contribution is -2.19. The number of benzene rings is 1. The highest BCUT2D eigenvalue weighted by atomic mass is 15.3. The van der Waals surface area contributed by atoms with E-state index in [0.717, 1.165) is 37.4 Å². The second-order valence-corrected chi connectivity index (χ2v) is 7.48. The lowest BCUT2D eigenvalue weighted by Gasteiger charge is -2.18. The van der Waals surface area contributed by atoms with E-state index in [9.17, 15) is 0 Å². The van der Waals surface area contributed by atoms with Crippen molar-refractivity contribution in [2.24, 2.45) is 0 Å². The van der Waals surface area contributed by atoms with Crippen LogP contribution in [0.15, 0.2) is 49.4 Å². The number of hydrogen-bond donors (Lipinski definition) is 0. The van der Waals surface area contributed by atoms with Gasteiger partial charge in [-0.25, -0.2) is 4.98 Å². The van der Waals surface area contributed by atoms with Crippen LogP contribution in [0.25, 0.3) is 11.3 Å². The first-order valence-electron chi connectivity index (χ1n) is 9.59. The van der Waals surface area contributed by atoms with Crippen LogP contribution in [0.1, 0.15) is 29.9 Å². The van der Waals surface area contributed by atoms with Gasteiger partial charge in [-0.15, -0.1) is 6.58 Å². The summed E-state index contributed by atoms with van der Waals surface area (Å²) >= 11 is 0. The summed E-state index contributed by atoms with van der Waals surface area (Å²) in [5.41, 5.74) is 7.39. The molecule has 0 spiro atoms. The minimum absolute atomic E-state index is 0.268. The van der Waals surface area contributed by atoms with Gasteiger partial charge in [0.2, 0.25) is 0 Å². The molecule has 0 saturated heterocycles. The largest absolute Gasteiger partial charge is 0.367 e. The van der Waals surface area contributed by atoms with Crippen molar-refractivity contribution in [2.45, 2.75) is 39.8 Å². The van der Waals surface area contributed by atoms with Crippen molar-refractivity contribution >= 4 is 5.69 Å². The average Bonchev–Trinajstić information content (AvgIpc) is 3.34. The number of aromatic nitrogens is 4. The third-order valence-electron chi connectivity index (χ3n) is 5.35. The Morgan fingerprint density at radius 3 is 2.85 bits per heavy atom. The summed E-state index contributed by atoms with van der Waals surface area (Å²) in [7, 11) is 0. The second-order valence-electron chi connectivity index (χ2n) is 7.48. The van der Waals surface area contributed by atoms with Gasteiger partial charge in [0.05, 0.1) is 30.0 Å². The van der Waals surface area contributed by atoms with Crippen molar-refractivity contribution in [3.05, 3.63) is 66.4 Å². The van der Waals surface area contributed by atoms with Crippen molar-refractivity contribution in [3.63, 3.8) is 0 Å². The van der Waals surface area contributed by atoms with E-state index in [1.54, 1.807) is 0 Å². The molecule has 0 bridgehead atoms. The van der Waals surface area contributed by atoms with Crippen molar-refractivity contribution in [1.82, 2.24) is 19.3 Å². The number of rotatable bonds is 6. The van der Waals surface area contributed by atoms with Crippen molar-refractivity contribution in [1.29, 1.82) is 0 Å². The van der Waals surface area contributed by atoms with Gasteiger partial charge in [-0.05, 0) is 51.0 Å². The maximum atomic E-state index is 4.64. The predicted octanol–water partition coefficient (Wildman–Crippen LogP) is 4.17. The van der Waals surface area contributed by atoms with E-state index in [1.807, 2.05) is 25.5 Å². The van der Waals surface area contributed by atoms with Gasteiger partial charge >= 0.3 is 0 Å². The Labute approximate surface area is 161 Å². The fourth-order valence-electron chi connectivity index (χ4n) is 4.14. The fraction of sp³-hybridized carbons (Fsp3) is 0.364. The lowest BCUT2D eigenvalue weighted by molar-refractivity contribution is 0.418. The summed E-state index contributed by atoms with van der Waals surface area (Å²) in [4.78, 5) is 6.80. The van der Waals surface area contributed by atoms with Crippen LogP contribution in [0.2, 0.25) is 0 Å². The maximum Gasteiger partial charge on any atom is 0.0951 e. The summed E-state index contributed by atoms with van der Waals surface area (Å²) in [6.45, 7) is 13.0. The summed E-state index contributed by atoms with van der Waals surface area (Å²) in [5, 5.41) is 4.64. The first-order valence-corrected chi connectivity index (χ1v) is 9.59. The molecule has 0 aliphatic carbocycles. The monoisotopic (exact) mass is 361 g/mol. The van der Waals surface area contributed by atoms with Crippen LogP contribution in [0.3, 0.4) is 0 Å². The van der Waals surface area contributed by atoms with Gasteiger partial charge < -0.3 is 9.47 Å². The Morgan fingerprint density at radius 1 is 1.26 bits per heavy atom. The third-order valence-corrected chi connectivity index (χ3v) is 5.35. The minimum Gasteiger partial charge on any atom is -0.367 e. The van der Waals surface area contributed by atoms with Crippen LogP contribution in [0.5, 0.6) is 0 Å².